The van der Waals surface area contributed by atoms with E-state index in [-0.39, 0.29) is 11.5 Å². The highest BCUT2D eigenvalue weighted by atomic mass is 16.6. The number of carbonyl (C=O) groups excluding carboxylic acids is 1. The van der Waals surface area contributed by atoms with E-state index < -0.39 is 5.60 Å². The van der Waals surface area contributed by atoms with E-state index in [4.69, 9.17) is 9.47 Å². The summed E-state index contributed by atoms with van der Waals surface area (Å²) in [6.07, 6.45) is 4.99. The first-order valence-electron chi connectivity index (χ1n) is 8.13. The van der Waals surface area contributed by atoms with Gasteiger partial charge in [0.25, 0.3) is 0 Å². The maximum atomic E-state index is 11.4. The van der Waals surface area contributed by atoms with E-state index in [1.54, 1.807) is 0 Å². The molecule has 0 aromatic heterocycles. The van der Waals surface area contributed by atoms with Gasteiger partial charge in [0.2, 0.25) is 0 Å². The third-order valence-corrected chi connectivity index (χ3v) is 3.96. The summed E-state index contributed by atoms with van der Waals surface area (Å²) in [6.45, 7) is 14.1. The quantitative estimate of drug-likeness (QED) is 0.710. The van der Waals surface area contributed by atoms with Gasteiger partial charge in [0.05, 0.1) is 6.10 Å². The lowest BCUT2D eigenvalue weighted by atomic mass is 9.64. The van der Waals surface area contributed by atoms with Crippen molar-refractivity contribution in [2.75, 3.05) is 19.7 Å². The average molecular weight is 312 g/mol. The summed E-state index contributed by atoms with van der Waals surface area (Å²) in [5.74, 6) is 0. The van der Waals surface area contributed by atoms with Crippen LogP contribution in [0, 0.1) is 5.41 Å². The van der Waals surface area contributed by atoms with E-state index >= 15 is 0 Å². The summed E-state index contributed by atoms with van der Waals surface area (Å²) in [4.78, 5) is 11.4. The summed E-state index contributed by atoms with van der Waals surface area (Å²) in [7, 11) is 0. The molecule has 1 rings (SSSR count). The molecule has 0 bridgehead atoms. The van der Waals surface area contributed by atoms with Gasteiger partial charge >= 0.3 is 6.09 Å². The number of rotatable bonds is 7. The summed E-state index contributed by atoms with van der Waals surface area (Å²) < 4.78 is 10.9. The van der Waals surface area contributed by atoms with Crippen molar-refractivity contribution in [1.82, 2.24) is 10.6 Å². The molecule has 128 valence electrons. The van der Waals surface area contributed by atoms with E-state index in [0.29, 0.717) is 18.7 Å². The van der Waals surface area contributed by atoms with Crippen molar-refractivity contribution in [3.63, 3.8) is 0 Å². The first kappa shape index (κ1) is 19.0. The molecular weight excluding hydrogens is 280 g/mol. The van der Waals surface area contributed by atoms with Crippen LogP contribution in [0.2, 0.25) is 0 Å². The zero-order valence-corrected chi connectivity index (χ0v) is 14.9. The Balaban J connectivity index is 2.14. The van der Waals surface area contributed by atoms with Crippen molar-refractivity contribution in [2.24, 2.45) is 5.41 Å². The van der Waals surface area contributed by atoms with E-state index in [9.17, 15) is 4.79 Å². The summed E-state index contributed by atoms with van der Waals surface area (Å²) in [5.41, 5.74) is -0.277. The molecule has 0 spiro atoms. The SMILES string of the molecule is CCOC1CC(NC/C=C/CNC(=O)OC(C)(C)C)C1(C)C. The van der Waals surface area contributed by atoms with Crippen LogP contribution in [-0.2, 0) is 9.47 Å². The minimum atomic E-state index is -0.456. The Labute approximate surface area is 134 Å². The molecule has 22 heavy (non-hydrogen) atoms. The van der Waals surface area contributed by atoms with Crippen LogP contribution in [0.1, 0.15) is 48.0 Å². The topological polar surface area (TPSA) is 59.6 Å². The molecule has 1 aliphatic carbocycles. The van der Waals surface area contributed by atoms with Gasteiger partial charge in [-0.1, -0.05) is 26.0 Å². The first-order valence-corrected chi connectivity index (χ1v) is 8.13. The highest BCUT2D eigenvalue weighted by molar-refractivity contribution is 5.67. The van der Waals surface area contributed by atoms with Crippen LogP contribution in [0.15, 0.2) is 12.2 Å². The number of ether oxygens (including phenoxy) is 2. The molecule has 0 aromatic carbocycles. The zero-order valence-electron chi connectivity index (χ0n) is 14.9. The minimum Gasteiger partial charge on any atom is -0.444 e. The Hall–Kier alpha value is -1.07. The molecular formula is C17H32N2O3. The number of hydrogen-bond donors (Lipinski definition) is 2. The largest absolute Gasteiger partial charge is 0.444 e. The van der Waals surface area contributed by atoms with Crippen LogP contribution >= 0.6 is 0 Å². The van der Waals surface area contributed by atoms with Crippen molar-refractivity contribution in [1.29, 1.82) is 0 Å². The van der Waals surface area contributed by atoms with Crippen LogP contribution in [0.5, 0.6) is 0 Å². The molecule has 0 aliphatic heterocycles. The standard InChI is InChI=1S/C17H32N2O3/c1-7-21-14-12-13(17(14,5)6)18-10-8-9-11-19-15(20)22-16(2,3)4/h8-9,13-14,18H,7,10-12H2,1-6H3,(H,19,20)/b9-8+. The molecule has 1 fully saturated rings. The smallest absolute Gasteiger partial charge is 0.407 e. The second kappa shape index (κ2) is 7.97. The molecule has 0 radical (unpaired) electrons. The molecule has 1 aliphatic rings. The predicted octanol–water partition coefficient (Wildman–Crippen LogP) is 2.86. The van der Waals surface area contributed by atoms with Crippen LogP contribution < -0.4 is 10.6 Å². The average Bonchev–Trinajstić information content (AvgIpc) is 2.38. The predicted molar refractivity (Wildman–Crippen MR) is 89.0 cm³/mol. The number of carbonyl (C=O) groups is 1. The molecule has 1 amide bonds. The number of hydrogen-bond acceptors (Lipinski definition) is 4. The fourth-order valence-electron chi connectivity index (χ4n) is 2.55. The van der Waals surface area contributed by atoms with Crippen molar-refractivity contribution < 1.29 is 14.3 Å². The van der Waals surface area contributed by atoms with Crippen molar-refractivity contribution in [3.8, 4) is 0 Å². The van der Waals surface area contributed by atoms with Gasteiger partial charge in [0, 0.05) is 31.2 Å². The van der Waals surface area contributed by atoms with Gasteiger partial charge in [-0.15, -0.1) is 0 Å². The van der Waals surface area contributed by atoms with Gasteiger partial charge in [-0.05, 0) is 34.1 Å². The van der Waals surface area contributed by atoms with Crippen molar-refractivity contribution >= 4 is 6.09 Å². The Kier molecular flexibility index (Phi) is 6.88. The summed E-state index contributed by atoms with van der Waals surface area (Å²) in [6, 6.07) is 0.479. The molecule has 2 unspecified atom stereocenters. The Morgan fingerprint density at radius 2 is 1.91 bits per heavy atom. The maximum absolute atomic E-state index is 11.4. The lowest BCUT2D eigenvalue weighted by Gasteiger charge is -2.51. The molecule has 0 aromatic rings. The third-order valence-electron chi connectivity index (χ3n) is 3.96. The van der Waals surface area contributed by atoms with Gasteiger partial charge < -0.3 is 20.1 Å². The Morgan fingerprint density at radius 1 is 1.27 bits per heavy atom. The number of amides is 1. The van der Waals surface area contributed by atoms with E-state index in [1.807, 2.05) is 39.8 Å². The van der Waals surface area contributed by atoms with Crippen LogP contribution in [0.3, 0.4) is 0 Å². The molecule has 5 nitrogen and oxygen atoms in total. The molecule has 0 saturated heterocycles. The lowest BCUT2D eigenvalue weighted by molar-refractivity contribution is -0.113. The molecule has 1 saturated carbocycles. The maximum Gasteiger partial charge on any atom is 0.407 e. The minimum absolute atomic E-state index is 0.179. The van der Waals surface area contributed by atoms with Gasteiger partial charge in [0.15, 0.2) is 0 Å². The molecule has 2 N–H and O–H groups in total. The Morgan fingerprint density at radius 3 is 2.45 bits per heavy atom. The van der Waals surface area contributed by atoms with Gasteiger partial charge in [0.1, 0.15) is 5.60 Å². The highest BCUT2D eigenvalue weighted by Crippen LogP contribution is 2.42. The second-order valence-corrected chi connectivity index (χ2v) is 7.32. The molecule has 2 atom stereocenters. The fourth-order valence-corrected chi connectivity index (χ4v) is 2.55. The van der Waals surface area contributed by atoms with Gasteiger partial charge in [-0.25, -0.2) is 4.79 Å². The van der Waals surface area contributed by atoms with Gasteiger partial charge in [-0.2, -0.15) is 0 Å². The normalized spacial score (nSPS) is 24.1. The number of nitrogens with one attached hydrogen (secondary N) is 2. The third kappa shape index (κ3) is 5.97. The van der Waals surface area contributed by atoms with E-state index in [2.05, 4.69) is 24.5 Å². The molecule has 5 heteroatoms. The second-order valence-electron chi connectivity index (χ2n) is 7.32. The van der Waals surface area contributed by atoms with Crippen molar-refractivity contribution in [2.45, 2.75) is 65.7 Å². The van der Waals surface area contributed by atoms with Crippen molar-refractivity contribution in [3.05, 3.63) is 12.2 Å². The van der Waals surface area contributed by atoms with Crippen LogP contribution in [-0.4, -0.2) is 43.5 Å². The van der Waals surface area contributed by atoms with E-state index in [1.165, 1.54) is 0 Å². The zero-order chi connectivity index (χ0) is 16.8. The van der Waals surface area contributed by atoms with E-state index in [0.717, 1.165) is 19.6 Å². The van der Waals surface area contributed by atoms with Crippen LogP contribution in [0.4, 0.5) is 4.79 Å². The summed E-state index contributed by atoms with van der Waals surface area (Å²) >= 11 is 0. The first-order chi connectivity index (χ1) is 10.2. The monoisotopic (exact) mass is 312 g/mol. The highest BCUT2D eigenvalue weighted by Gasteiger charge is 2.48. The lowest BCUT2D eigenvalue weighted by Crippen LogP contribution is -2.60. The van der Waals surface area contributed by atoms with Crippen LogP contribution in [0.25, 0.3) is 0 Å². The fraction of sp³-hybridized carbons (Fsp3) is 0.824. The van der Waals surface area contributed by atoms with Gasteiger partial charge in [-0.3, -0.25) is 0 Å². The number of alkyl carbamates (subject to hydrolysis) is 1. The Bertz CT molecular complexity index is 386. The summed E-state index contributed by atoms with van der Waals surface area (Å²) in [5, 5.41) is 6.21. The molecule has 0 heterocycles.